The van der Waals surface area contributed by atoms with E-state index in [4.69, 9.17) is 27.9 Å². The van der Waals surface area contributed by atoms with Gasteiger partial charge in [-0.15, -0.1) is 0 Å². The van der Waals surface area contributed by atoms with E-state index >= 15 is 0 Å². The van der Waals surface area contributed by atoms with Crippen LogP contribution in [0, 0.1) is 0 Å². The van der Waals surface area contributed by atoms with E-state index in [1.165, 1.54) is 0 Å². The number of carboxylic acids is 1. The zero-order valence-corrected chi connectivity index (χ0v) is 13.6. The van der Waals surface area contributed by atoms with Crippen LogP contribution in [0.15, 0.2) is 42.5 Å². The minimum atomic E-state index is -0.903. The fraction of sp³-hybridized carbons (Fsp3) is 0.235. The third-order valence-corrected chi connectivity index (χ3v) is 4.03. The molecule has 0 aliphatic heterocycles. The van der Waals surface area contributed by atoms with Crippen LogP contribution in [-0.2, 0) is 11.2 Å². The molecule has 22 heavy (non-hydrogen) atoms. The number of halogens is 2. The van der Waals surface area contributed by atoms with Crippen molar-refractivity contribution in [3.05, 3.63) is 63.6 Å². The van der Waals surface area contributed by atoms with Gasteiger partial charge in [0.05, 0.1) is 22.6 Å². The number of ether oxygens (including phenoxy) is 1. The third-order valence-electron chi connectivity index (χ3n) is 3.29. The lowest BCUT2D eigenvalue weighted by Crippen LogP contribution is -2.14. The average molecular weight is 339 g/mol. The molecule has 0 saturated carbocycles. The Kier molecular flexibility index (Phi) is 5.69. The van der Waals surface area contributed by atoms with Gasteiger partial charge in [-0.25, -0.2) is 0 Å². The maximum atomic E-state index is 11.6. The number of rotatable bonds is 6. The largest absolute Gasteiger partial charge is 0.494 e. The van der Waals surface area contributed by atoms with E-state index in [0.29, 0.717) is 28.6 Å². The summed E-state index contributed by atoms with van der Waals surface area (Å²) in [6.45, 7) is 2.47. The summed E-state index contributed by atoms with van der Waals surface area (Å²) in [6, 6.07) is 12.4. The molecule has 0 aliphatic carbocycles. The van der Waals surface area contributed by atoms with E-state index in [1.807, 2.05) is 31.2 Å². The molecule has 1 N–H and O–H groups in total. The molecule has 0 spiro atoms. The standard InChI is InChI=1S/C17H16Cl2O3/c1-2-22-13-5-3-4-11(8-13)9-14(17(20)21)12-6-7-15(18)16(19)10-12/h3-8,10,14H,2,9H2,1H3,(H,20,21). The summed E-state index contributed by atoms with van der Waals surface area (Å²) in [6.07, 6.45) is 0.355. The van der Waals surface area contributed by atoms with Gasteiger partial charge in [0.1, 0.15) is 5.75 Å². The summed E-state index contributed by atoms with van der Waals surface area (Å²) in [5.74, 6) is -0.856. The molecule has 0 fully saturated rings. The van der Waals surface area contributed by atoms with Gasteiger partial charge in [-0.05, 0) is 48.7 Å². The summed E-state index contributed by atoms with van der Waals surface area (Å²) >= 11 is 11.9. The predicted molar refractivity (Wildman–Crippen MR) is 88.2 cm³/mol. The molecule has 2 rings (SSSR count). The van der Waals surface area contributed by atoms with Crippen LogP contribution in [-0.4, -0.2) is 17.7 Å². The van der Waals surface area contributed by atoms with Gasteiger partial charge < -0.3 is 9.84 Å². The first-order chi connectivity index (χ1) is 10.5. The second-order valence-corrected chi connectivity index (χ2v) is 5.66. The lowest BCUT2D eigenvalue weighted by Gasteiger charge is -2.14. The first kappa shape index (κ1) is 16.7. The van der Waals surface area contributed by atoms with Crippen molar-refractivity contribution < 1.29 is 14.6 Å². The van der Waals surface area contributed by atoms with E-state index in [2.05, 4.69) is 0 Å². The maximum Gasteiger partial charge on any atom is 0.311 e. The fourth-order valence-electron chi connectivity index (χ4n) is 2.24. The van der Waals surface area contributed by atoms with E-state index in [9.17, 15) is 9.90 Å². The molecule has 2 aromatic rings. The minimum Gasteiger partial charge on any atom is -0.494 e. The normalized spacial score (nSPS) is 12.0. The van der Waals surface area contributed by atoms with Gasteiger partial charge in [0.2, 0.25) is 0 Å². The summed E-state index contributed by atoms with van der Waals surface area (Å²) < 4.78 is 5.44. The van der Waals surface area contributed by atoms with Crippen LogP contribution in [0.1, 0.15) is 24.0 Å². The summed E-state index contributed by atoms with van der Waals surface area (Å²) in [7, 11) is 0. The van der Waals surface area contributed by atoms with Crippen LogP contribution < -0.4 is 4.74 Å². The highest BCUT2D eigenvalue weighted by Crippen LogP contribution is 2.29. The van der Waals surface area contributed by atoms with Gasteiger partial charge >= 0.3 is 5.97 Å². The molecule has 0 bridgehead atoms. The highest BCUT2D eigenvalue weighted by Gasteiger charge is 2.21. The zero-order valence-electron chi connectivity index (χ0n) is 12.1. The predicted octanol–water partition coefficient (Wildman–Crippen LogP) is 4.80. The number of benzene rings is 2. The molecule has 1 unspecified atom stereocenters. The molecular weight excluding hydrogens is 323 g/mol. The molecule has 0 aromatic heterocycles. The molecule has 3 nitrogen and oxygen atoms in total. The van der Waals surface area contributed by atoms with Gasteiger partial charge in [-0.2, -0.15) is 0 Å². The summed E-state index contributed by atoms with van der Waals surface area (Å²) in [5, 5.41) is 10.3. The Morgan fingerprint density at radius 3 is 2.59 bits per heavy atom. The molecule has 0 aliphatic rings. The van der Waals surface area contributed by atoms with Crippen molar-refractivity contribution in [2.24, 2.45) is 0 Å². The molecule has 1 atom stereocenters. The van der Waals surface area contributed by atoms with Crippen molar-refractivity contribution in [1.29, 1.82) is 0 Å². The molecule has 0 radical (unpaired) electrons. The van der Waals surface area contributed by atoms with Crippen molar-refractivity contribution in [3.63, 3.8) is 0 Å². The van der Waals surface area contributed by atoms with Crippen molar-refractivity contribution >= 4 is 29.2 Å². The Morgan fingerprint density at radius 2 is 1.95 bits per heavy atom. The zero-order chi connectivity index (χ0) is 16.1. The van der Waals surface area contributed by atoms with Crippen molar-refractivity contribution in [1.82, 2.24) is 0 Å². The fourth-order valence-corrected chi connectivity index (χ4v) is 2.55. The highest BCUT2D eigenvalue weighted by molar-refractivity contribution is 6.42. The van der Waals surface area contributed by atoms with Gasteiger partial charge in [0, 0.05) is 0 Å². The molecule has 5 heteroatoms. The van der Waals surface area contributed by atoms with Crippen molar-refractivity contribution in [2.45, 2.75) is 19.3 Å². The van der Waals surface area contributed by atoms with Crippen LogP contribution in [0.25, 0.3) is 0 Å². The highest BCUT2D eigenvalue weighted by atomic mass is 35.5. The first-order valence-electron chi connectivity index (χ1n) is 6.90. The minimum absolute atomic E-state index is 0.355. The van der Waals surface area contributed by atoms with Gasteiger partial charge in [0.15, 0.2) is 0 Å². The molecule has 0 saturated heterocycles. The Bertz CT molecular complexity index is 671. The van der Waals surface area contributed by atoms with Crippen LogP contribution in [0.2, 0.25) is 10.0 Å². The topological polar surface area (TPSA) is 46.5 Å². The third kappa shape index (κ3) is 4.15. The number of aliphatic carboxylic acids is 1. The van der Waals surface area contributed by atoms with Crippen LogP contribution in [0.5, 0.6) is 5.75 Å². The van der Waals surface area contributed by atoms with Gasteiger partial charge in [-0.1, -0.05) is 41.4 Å². The molecular formula is C17H16Cl2O3. The summed E-state index contributed by atoms with van der Waals surface area (Å²) in [4.78, 5) is 11.6. The molecule has 0 amide bonds. The number of hydrogen-bond acceptors (Lipinski definition) is 2. The van der Waals surface area contributed by atoms with E-state index in [1.54, 1.807) is 18.2 Å². The van der Waals surface area contributed by atoms with E-state index in [0.717, 1.165) is 11.3 Å². The van der Waals surface area contributed by atoms with Crippen LogP contribution in [0.3, 0.4) is 0 Å². The number of hydrogen-bond donors (Lipinski definition) is 1. The van der Waals surface area contributed by atoms with Crippen LogP contribution in [0.4, 0.5) is 0 Å². The SMILES string of the molecule is CCOc1cccc(CC(C(=O)O)c2ccc(Cl)c(Cl)c2)c1. The number of carbonyl (C=O) groups is 1. The van der Waals surface area contributed by atoms with Gasteiger partial charge in [0.25, 0.3) is 0 Å². The molecule has 0 heterocycles. The molecule has 2 aromatic carbocycles. The smallest absolute Gasteiger partial charge is 0.311 e. The Hall–Kier alpha value is -1.71. The summed E-state index contributed by atoms with van der Waals surface area (Å²) in [5.41, 5.74) is 1.52. The monoisotopic (exact) mass is 338 g/mol. The number of carboxylic acid groups (broad SMARTS) is 1. The molecule has 116 valence electrons. The Labute approximate surface area is 139 Å². The second kappa shape index (κ2) is 7.52. The first-order valence-corrected chi connectivity index (χ1v) is 7.66. The Morgan fingerprint density at radius 1 is 1.18 bits per heavy atom. The Balaban J connectivity index is 2.27. The lowest BCUT2D eigenvalue weighted by molar-refractivity contribution is -0.138. The van der Waals surface area contributed by atoms with Crippen molar-refractivity contribution in [2.75, 3.05) is 6.61 Å². The lowest BCUT2D eigenvalue weighted by atomic mass is 9.92. The van der Waals surface area contributed by atoms with E-state index in [-0.39, 0.29) is 0 Å². The van der Waals surface area contributed by atoms with Gasteiger partial charge in [-0.3, -0.25) is 4.79 Å². The quantitative estimate of drug-likeness (QED) is 0.822. The van der Waals surface area contributed by atoms with Crippen molar-refractivity contribution in [3.8, 4) is 5.75 Å². The average Bonchev–Trinajstić information content (AvgIpc) is 2.48. The maximum absolute atomic E-state index is 11.6. The second-order valence-electron chi connectivity index (χ2n) is 4.85. The van der Waals surface area contributed by atoms with E-state index < -0.39 is 11.9 Å². The van der Waals surface area contributed by atoms with Crippen LogP contribution >= 0.6 is 23.2 Å².